The summed E-state index contributed by atoms with van der Waals surface area (Å²) in [6, 6.07) is 9.61. The number of piperazine rings is 1. The van der Waals surface area contributed by atoms with Crippen molar-refractivity contribution in [2.45, 2.75) is 0 Å². The fourth-order valence-electron chi connectivity index (χ4n) is 3.48. The summed E-state index contributed by atoms with van der Waals surface area (Å²) in [6.45, 7) is 3.53. The van der Waals surface area contributed by atoms with Gasteiger partial charge in [-0.15, -0.1) is 0 Å². The highest BCUT2D eigenvalue weighted by Gasteiger charge is 2.20. The van der Waals surface area contributed by atoms with Gasteiger partial charge in [0.15, 0.2) is 5.76 Å². The van der Waals surface area contributed by atoms with Gasteiger partial charge in [-0.1, -0.05) is 18.2 Å². The highest BCUT2D eigenvalue weighted by molar-refractivity contribution is 6.03. The molecule has 1 amide bonds. The fraction of sp³-hybridized carbons (Fsp3) is 0.200. The molecule has 5 rings (SSSR count). The Hall–Kier alpha value is -3.72. The van der Waals surface area contributed by atoms with Crippen LogP contribution in [-0.2, 0) is 0 Å². The molecule has 9 nitrogen and oxygen atoms in total. The summed E-state index contributed by atoms with van der Waals surface area (Å²) >= 11 is 0. The molecule has 0 unspecified atom stereocenters. The minimum Gasteiger partial charge on any atom is -0.431 e. The number of anilines is 2. The summed E-state index contributed by atoms with van der Waals surface area (Å²) in [4.78, 5) is 23.2. The summed E-state index contributed by atoms with van der Waals surface area (Å²) in [5.74, 6) is -0.0243. The average Bonchev–Trinajstić information content (AvgIpc) is 3.42. The highest BCUT2D eigenvalue weighted by Crippen LogP contribution is 2.28. The first-order valence-corrected chi connectivity index (χ1v) is 9.40. The number of amides is 1. The lowest BCUT2D eigenvalue weighted by Gasteiger charge is -2.30. The maximum atomic E-state index is 12.7. The molecule has 1 aromatic carbocycles. The van der Waals surface area contributed by atoms with E-state index in [1.807, 2.05) is 30.3 Å². The predicted octanol–water partition coefficient (Wildman–Crippen LogP) is 2.27. The second-order valence-electron chi connectivity index (χ2n) is 6.73. The number of nitrogens with zero attached hydrogens (tertiary/aromatic N) is 4. The van der Waals surface area contributed by atoms with Crippen LogP contribution in [0.15, 0.2) is 53.3 Å². The largest absolute Gasteiger partial charge is 0.431 e. The van der Waals surface area contributed by atoms with Crippen LogP contribution in [0, 0.1) is 0 Å². The summed E-state index contributed by atoms with van der Waals surface area (Å²) in [6.07, 6.45) is 4.87. The Labute approximate surface area is 166 Å². The van der Waals surface area contributed by atoms with Gasteiger partial charge in [-0.2, -0.15) is 5.10 Å². The number of nitrogens with one attached hydrogen (secondary N) is 3. The van der Waals surface area contributed by atoms with Crippen LogP contribution in [0.3, 0.4) is 0 Å². The van der Waals surface area contributed by atoms with Gasteiger partial charge in [0, 0.05) is 37.8 Å². The Bertz CT molecular complexity index is 1160. The van der Waals surface area contributed by atoms with E-state index in [1.54, 1.807) is 12.4 Å². The topological polar surface area (TPSA) is 112 Å². The van der Waals surface area contributed by atoms with Crippen LogP contribution < -0.4 is 15.5 Å². The zero-order valence-electron chi connectivity index (χ0n) is 15.6. The molecule has 0 saturated carbocycles. The maximum Gasteiger partial charge on any atom is 0.311 e. The van der Waals surface area contributed by atoms with E-state index in [0.717, 1.165) is 42.8 Å². The number of carbonyl (C=O) groups is 1. The number of fused-ring (bicyclic) bond motifs is 1. The Morgan fingerprint density at radius 2 is 2.00 bits per heavy atom. The third kappa shape index (κ3) is 3.32. The highest BCUT2D eigenvalue weighted by atomic mass is 16.4. The summed E-state index contributed by atoms with van der Waals surface area (Å²) in [7, 11) is 0. The third-order valence-corrected chi connectivity index (χ3v) is 4.91. The van der Waals surface area contributed by atoms with Crippen LogP contribution in [0.2, 0.25) is 0 Å². The third-order valence-electron chi connectivity index (χ3n) is 4.91. The van der Waals surface area contributed by atoms with Gasteiger partial charge in [0.05, 0.1) is 29.3 Å². The smallest absolute Gasteiger partial charge is 0.311 e. The number of pyridine rings is 1. The Morgan fingerprint density at radius 1 is 1.14 bits per heavy atom. The number of aromatic amines is 1. The van der Waals surface area contributed by atoms with Crippen LogP contribution in [-0.4, -0.2) is 52.3 Å². The van der Waals surface area contributed by atoms with Crippen LogP contribution in [0.5, 0.6) is 0 Å². The van der Waals surface area contributed by atoms with Crippen LogP contribution in [0.1, 0.15) is 10.7 Å². The first-order valence-electron chi connectivity index (χ1n) is 9.40. The molecule has 0 radical (unpaired) electrons. The molecule has 0 spiro atoms. The van der Waals surface area contributed by atoms with E-state index in [4.69, 9.17) is 4.42 Å². The van der Waals surface area contributed by atoms with Crippen molar-refractivity contribution in [3.63, 3.8) is 0 Å². The number of hydrogen-bond donors (Lipinski definition) is 3. The second-order valence-corrected chi connectivity index (χ2v) is 6.73. The van der Waals surface area contributed by atoms with Gasteiger partial charge in [-0.05, 0) is 12.1 Å². The van der Waals surface area contributed by atoms with E-state index < -0.39 is 5.91 Å². The molecule has 0 bridgehead atoms. The van der Waals surface area contributed by atoms with Crippen molar-refractivity contribution in [2.24, 2.45) is 0 Å². The molecule has 1 aliphatic rings. The van der Waals surface area contributed by atoms with Gasteiger partial charge in [0.1, 0.15) is 5.69 Å². The summed E-state index contributed by atoms with van der Waals surface area (Å²) < 4.78 is 5.71. The van der Waals surface area contributed by atoms with E-state index in [0.29, 0.717) is 17.1 Å². The zero-order valence-corrected chi connectivity index (χ0v) is 15.6. The van der Waals surface area contributed by atoms with Gasteiger partial charge in [-0.25, -0.2) is 4.98 Å². The molecule has 146 valence electrons. The Kier molecular flexibility index (Phi) is 4.41. The number of benzene rings is 1. The molecule has 1 aliphatic heterocycles. The lowest BCUT2D eigenvalue weighted by atomic mass is 10.2. The minimum absolute atomic E-state index is 0.0257. The number of H-pyrrole nitrogens is 1. The molecular weight excluding hydrogens is 370 g/mol. The predicted molar refractivity (Wildman–Crippen MR) is 109 cm³/mol. The summed E-state index contributed by atoms with van der Waals surface area (Å²) in [5.41, 5.74) is 3.07. The second kappa shape index (κ2) is 7.36. The Balaban J connectivity index is 1.39. The van der Waals surface area contributed by atoms with Gasteiger partial charge in [0.25, 0.3) is 5.89 Å². The first-order chi connectivity index (χ1) is 14.3. The van der Waals surface area contributed by atoms with Crippen molar-refractivity contribution >= 4 is 28.2 Å². The molecule has 3 N–H and O–H groups in total. The lowest BCUT2D eigenvalue weighted by molar-refractivity contribution is 0.0991. The van der Waals surface area contributed by atoms with E-state index in [2.05, 4.69) is 35.7 Å². The number of oxazole rings is 1. The van der Waals surface area contributed by atoms with E-state index in [9.17, 15) is 4.79 Å². The average molecular weight is 389 g/mol. The number of aromatic nitrogens is 4. The van der Waals surface area contributed by atoms with E-state index in [1.165, 1.54) is 6.20 Å². The fourth-order valence-corrected chi connectivity index (χ4v) is 3.48. The number of hydrogen-bond acceptors (Lipinski definition) is 7. The van der Waals surface area contributed by atoms with Gasteiger partial charge in [-0.3, -0.25) is 14.9 Å². The van der Waals surface area contributed by atoms with Crippen molar-refractivity contribution in [2.75, 3.05) is 36.4 Å². The van der Waals surface area contributed by atoms with Crippen molar-refractivity contribution in [1.82, 2.24) is 25.5 Å². The zero-order chi connectivity index (χ0) is 19.6. The Morgan fingerprint density at radius 3 is 2.90 bits per heavy atom. The van der Waals surface area contributed by atoms with Crippen molar-refractivity contribution in [3.8, 4) is 11.5 Å². The van der Waals surface area contributed by atoms with Crippen LogP contribution >= 0.6 is 0 Å². The molecule has 29 heavy (non-hydrogen) atoms. The van der Waals surface area contributed by atoms with Crippen molar-refractivity contribution < 1.29 is 9.21 Å². The van der Waals surface area contributed by atoms with Crippen molar-refractivity contribution in [1.29, 1.82) is 0 Å². The lowest BCUT2D eigenvalue weighted by Crippen LogP contribution is -2.43. The maximum absolute atomic E-state index is 12.7. The molecule has 3 aromatic heterocycles. The van der Waals surface area contributed by atoms with Gasteiger partial charge < -0.3 is 20.0 Å². The number of rotatable bonds is 4. The van der Waals surface area contributed by atoms with Crippen LogP contribution in [0.25, 0.3) is 22.4 Å². The van der Waals surface area contributed by atoms with Gasteiger partial charge >= 0.3 is 5.91 Å². The molecule has 0 atom stereocenters. The van der Waals surface area contributed by atoms with Gasteiger partial charge in [0.2, 0.25) is 0 Å². The van der Waals surface area contributed by atoms with Crippen molar-refractivity contribution in [3.05, 3.63) is 54.8 Å². The number of para-hydroxylation sites is 1. The normalized spacial score (nSPS) is 14.3. The van der Waals surface area contributed by atoms with E-state index >= 15 is 0 Å². The molecule has 9 heteroatoms. The van der Waals surface area contributed by atoms with E-state index in [-0.39, 0.29) is 5.89 Å². The first kappa shape index (κ1) is 17.4. The molecular formula is C20H19N7O2. The SMILES string of the molecule is O=C(Nc1cnccc1N1CCNCC1)c1ncc(-c2n[nH]c3ccccc23)o1. The quantitative estimate of drug-likeness (QED) is 0.491. The monoisotopic (exact) mass is 389 g/mol. The minimum atomic E-state index is -0.430. The molecule has 1 saturated heterocycles. The summed E-state index contributed by atoms with van der Waals surface area (Å²) in [5, 5.41) is 14.3. The standard InChI is InChI=1S/C20H19N7O2/c28-19(24-15-11-22-6-5-16(15)27-9-7-21-8-10-27)20-23-12-17(29-20)18-13-3-1-2-4-14(13)25-26-18/h1-6,11-12,21H,7-10H2,(H,24,28)(H,25,26). The molecule has 0 aliphatic carbocycles. The molecule has 1 fully saturated rings. The van der Waals surface area contributed by atoms with Crippen LogP contribution in [0.4, 0.5) is 11.4 Å². The molecule has 4 heterocycles. The number of carbonyl (C=O) groups excluding carboxylic acids is 1. The molecule has 4 aromatic rings.